The molecule has 0 spiro atoms. The smallest absolute Gasteiger partial charge is 0.104 e. The summed E-state index contributed by atoms with van der Waals surface area (Å²) >= 11 is 5.02. The maximum Gasteiger partial charge on any atom is 0.104 e. The van der Waals surface area contributed by atoms with Gasteiger partial charge in [-0.1, -0.05) is 44.3 Å². The first-order valence-electron chi connectivity index (χ1n) is 7.31. The van der Waals surface area contributed by atoms with E-state index in [1.807, 2.05) is 6.07 Å². The van der Waals surface area contributed by atoms with Gasteiger partial charge in [0.2, 0.25) is 0 Å². The lowest BCUT2D eigenvalue weighted by molar-refractivity contribution is 0.345. The van der Waals surface area contributed by atoms with Gasteiger partial charge in [-0.05, 0) is 43.0 Å². The molecule has 0 unspecified atom stereocenters. The first-order chi connectivity index (χ1) is 9.16. The summed E-state index contributed by atoms with van der Waals surface area (Å²) in [6, 6.07) is 6.22. The number of rotatable bonds is 5. The van der Waals surface area contributed by atoms with Crippen molar-refractivity contribution in [2.24, 2.45) is 11.7 Å². The lowest BCUT2D eigenvalue weighted by Gasteiger charge is -2.21. The molecule has 3 N–H and O–H groups in total. The number of anilines is 1. The number of aryl methyl sites for hydroxylation is 1. The molecule has 1 fully saturated rings. The van der Waals surface area contributed by atoms with Crippen LogP contribution in [0, 0.1) is 12.8 Å². The van der Waals surface area contributed by atoms with Crippen molar-refractivity contribution in [2.45, 2.75) is 45.4 Å². The van der Waals surface area contributed by atoms with Gasteiger partial charge < -0.3 is 11.1 Å². The third kappa shape index (κ3) is 4.20. The van der Waals surface area contributed by atoms with Crippen LogP contribution >= 0.6 is 12.2 Å². The summed E-state index contributed by atoms with van der Waals surface area (Å²) in [5.74, 6) is 0.929. The van der Waals surface area contributed by atoms with Crippen LogP contribution in [0.3, 0.4) is 0 Å². The molecular formula is C16H24N2S. The third-order valence-electron chi connectivity index (χ3n) is 4.10. The molecule has 1 saturated carbocycles. The Morgan fingerprint density at radius 1 is 1.32 bits per heavy atom. The number of hydrogen-bond acceptors (Lipinski definition) is 2. The summed E-state index contributed by atoms with van der Waals surface area (Å²) in [5, 5.41) is 3.51. The van der Waals surface area contributed by atoms with Crippen molar-refractivity contribution in [2.75, 3.05) is 11.9 Å². The molecule has 0 bridgehead atoms. The quantitative estimate of drug-likeness (QED) is 0.798. The van der Waals surface area contributed by atoms with Gasteiger partial charge in [0.15, 0.2) is 0 Å². The van der Waals surface area contributed by atoms with Gasteiger partial charge in [-0.15, -0.1) is 0 Å². The van der Waals surface area contributed by atoms with Crippen LogP contribution in [0.2, 0.25) is 0 Å². The summed E-state index contributed by atoms with van der Waals surface area (Å²) in [7, 11) is 0. The van der Waals surface area contributed by atoms with Gasteiger partial charge in [0.25, 0.3) is 0 Å². The van der Waals surface area contributed by atoms with Gasteiger partial charge in [-0.2, -0.15) is 0 Å². The molecule has 2 rings (SSSR count). The van der Waals surface area contributed by atoms with E-state index in [4.69, 9.17) is 18.0 Å². The Kier molecular flexibility index (Phi) is 5.20. The maximum absolute atomic E-state index is 5.67. The Morgan fingerprint density at radius 2 is 2.05 bits per heavy atom. The van der Waals surface area contributed by atoms with Gasteiger partial charge in [0, 0.05) is 17.8 Å². The van der Waals surface area contributed by atoms with E-state index in [9.17, 15) is 0 Å². The van der Waals surface area contributed by atoms with E-state index < -0.39 is 0 Å². The Balaban J connectivity index is 1.82. The van der Waals surface area contributed by atoms with Crippen molar-refractivity contribution < 1.29 is 0 Å². The van der Waals surface area contributed by atoms with Crippen LogP contribution in [0.4, 0.5) is 5.69 Å². The molecule has 0 aliphatic heterocycles. The summed E-state index contributed by atoms with van der Waals surface area (Å²) in [5.41, 5.74) is 8.98. The van der Waals surface area contributed by atoms with Crippen molar-refractivity contribution in [1.29, 1.82) is 0 Å². The van der Waals surface area contributed by atoms with Crippen molar-refractivity contribution in [3.8, 4) is 0 Å². The average molecular weight is 276 g/mol. The minimum absolute atomic E-state index is 0.478. The van der Waals surface area contributed by atoms with Crippen LogP contribution < -0.4 is 11.1 Å². The fourth-order valence-corrected chi connectivity index (χ4v) is 3.18. The SMILES string of the molecule is Cc1cc(NCCC2CCCCC2)ccc1C(N)=S. The first kappa shape index (κ1) is 14.3. The van der Waals surface area contributed by atoms with E-state index in [0.29, 0.717) is 4.99 Å². The topological polar surface area (TPSA) is 38.0 Å². The van der Waals surface area contributed by atoms with Crippen molar-refractivity contribution >= 4 is 22.9 Å². The number of benzene rings is 1. The predicted octanol–water partition coefficient (Wildman–Crippen LogP) is 4.01. The minimum atomic E-state index is 0.478. The normalized spacial score (nSPS) is 16.3. The second-order valence-corrected chi connectivity index (χ2v) is 6.05. The first-order valence-corrected chi connectivity index (χ1v) is 7.72. The highest BCUT2D eigenvalue weighted by atomic mass is 32.1. The molecule has 1 aromatic rings. The lowest BCUT2D eigenvalue weighted by atomic mass is 9.87. The van der Waals surface area contributed by atoms with E-state index >= 15 is 0 Å². The number of nitrogens with one attached hydrogen (secondary N) is 1. The molecule has 2 nitrogen and oxygen atoms in total. The van der Waals surface area contributed by atoms with E-state index in [1.54, 1.807) is 0 Å². The molecule has 104 valence electrons. The molecule has 1 aromatic carbocycles. The van der Waals surface area contributed by atoms with Gasteiger partial charge >= 0.3 is 0 Å². The Labute approximate surface area is 121 Å². The number of nitrogens with two attached hydrogens (primary N) is 1. The standard InChI is InChI=1S/C16H24N2S/c1-12-11-14(7-8-15(12)16(17)19)18-10-9-13-5-3-2-4-6-13/h7-8,11,13,18H,2-6,9-10H2,1H3,(H2,17,19). The van der Waals surface area contributed by atoms with Crippen molar-refractivity contribution in [3.05, 3.63) is 29.3 Å². The second kappa shape index (κ2) is 6.90. The van der Waals surface area contributed by atoms with Gasteiger partial charge in [-0.25, -0.2) is 0 Å². The predicted molar refractivity (Wildman–Crippen MR) is 86.7 cm³/mol. The van der Waals surface area contributed by atoms with E-state index in [0.717, 1.165) is 23.6 Å². The fraction of sp³-hybridized carbons (Fsp3) is 0.562. The van der Waals surface area contributed by atoms with Gasteiger partial charge in [-0.3, -0.25) is 0 Å². The highest BCUT2D eigenvalue weighted by Crippen LogP contribution is 2.26. The zero-order valence-electron chi connectivity index (χ0n) is 11.7. The van der Waals surface area contributed by atoms with Crippen LogP contribution in [0.15, 0.2) is 18.2 Å². The Bertz CT molecular complexity index is 436. The third-order valence-corrected chi connectivity index (χ3v) is 4.32. The van der Waals surface area contributed by atoms with Crippen LogP contribution in [-0.2, 0) is 0 Å². The highest BCUT2D eigenvalue weighted by molar-refractivity contribution is 7.80. The highest BCUT2D eigenvalue weighted by Gasteiger charge is 2.12. The molecule has 0 radical (unpaired) electrons. The Hall–Kier alpha value is -1.09. The molecule has 3 heteroatoms. The Morgan fingerprint density at radius 3 is 2.68 bits per heavy atom. The van der Waals surface area contributed by atoms with Crippen LogP contribution in [0.5, 0.6) is 0 Å². The molecule has 0 heterocycles. The van der Waals surface area contributed by atoms with Crippen molar-refractivity contribution in [1.82, 2.24) is 0 Å². The zero-order valence-corrected chi connectivity index (χ0v) is 12.6. The van der Waals surface area contributed by atoms with Crippen molar-refractivity contribution in [3.63, 3.8) is 0 Å². The fourth-order valence-electron chi connectivity index (χ4n) is 2.95. The summed E-state index contributed by atoms with van der Waals surface area (Å²) in [6.07, 6.45) is 8.40. The van der Waals surface area contributed by atoms with Gasteiger partial charge in [0.05, 0.1) is 0 Å². The van der Waals surface area contributed by atoms with Crippen LogP contribution in [0.25, 0.3) is 0 Å². The monoisotopic (exact) mass is 276 g/mol. The molecule has 1 aliphatic carbocycles. The molecule has 0 aromatic heterocycles. The largest absolute Gasteiger partial charge is 0.389 e. The van der Waals surface area contributed by atoms with Gasteiger partial charge in [0.1, 0.15) is 4.99 Å². The molecule has 0 saturated heterocycles. The van der Waals surface area contributed by atoms with E-state index in [2.05, 4.69) is 24.4 Å². The molecular weight excluding hydrogens is 252 g/mol. The molecule has 0 atom stereocenters. The second-order valence-electron chi connectivity index (χ2n) is 5.61. The number of hydrogen-bond donors (Lipinski definition) is 2. The van der Waals surface area contributed by atoms with Crippen LogP contribution in [-0.4, -0.2) is 11.5 Å². The maximum atomic E-state index is 5.67. The molecule has 0 amide bonds. The summed E-state index contributed by atoms with van der Waals surface area (Å²) in [4.78, 5) is 0.478. The summed E-state index contributed by atoms with van der Waals surface area (Å²) in [6.45, 7) is 3.12. The van der Waals surface area contributed by atoms with E-state index in [1.165, 1.54) is 44.2 Å². The zero-order chi connectivity index (χ0) is 13.7. The number of thiocarbonyl (C=S) groups is 1. The minimum Gasteiger partial charge on any atom is -0.389 e. The summed E-state index contributed by atoms with van der Waals surface area (Å²) < 4.78 is 0. The average Bonchev–Trinajstić information content (AvgIpc) is 2.39. The van der Waals surface area contributed by atoms with Crippen LogP contribution in [0.1, 0.15) is 49.7 Å². The van der Waals surface area contributed by atoms with E-state index in [-0.39, 0.29) is 0 Å². The molecule has 19 heavy (non-hydrogen) atoms. The molecule has 1 aliphatic rings. The lowest BCUT2D eigenvalue weighted by Crippen LogP contribution is -2.13.